The molecule has 0 bridgehead atoms. The van der Waals surface area contributed by atoms with Crippen molar-refractivity contribution in [2.24, 2.45) is 5.92 Å². The van der Waals surface area contributed by atoms with E-state index in [0.29, 0.717) is 32.5 Å². The van der Waals surface area contributed by atoms with Crippen molar-refractivity contribution in [3.05, 3.63) is 30.3 Å². The molecule has 7 nitrogen and oxygen atoms in total. The monoisotopic (exact) mass is 382 g/mol. The highest BCUT2D eigenvalue weighted by molar-refractivity contribution is 7.89. The van der Waals surface area contributed by atoms with E-state index in [1.165, 1.54) is 16.4 Å². The normalized spacial score (nSPS) is 15.9. The predicted molar refractivity (Wildman–Crippen MR) is 96.8 cm³/mol. The molecule has 26 heavy (non-hydrogen) atoms. The lowest BCUT2D eigenvalue weighted by Crippen LogP contribution is -2.46. The number of rotatable bonds is 7. The average molecular weight is 382 g/mol. The fourth-order valence-corrected chi connectivity index (χ4v) is 4.40. The molecular formula is C18H26N2O5S. The van der Waals surface area contributed by atoms with Gasteiger partial charge in [0.1, 0.15) is 0 Å². The summed E-state index contributed by atoms with van der Waals surface area (Å²) in [4.78, 5) is 26.1. The lowest BCUT2D eigenvalue weighted by Gasteiger charge is -2.32. The fourth-order valence-electron chi connectivity index (χ4n) is 2.98. The summed E-state index contributed by atoms with van der Waals surface area (Å²) in [6.07, 6.45) is 1.09. The lowest BCUT2D eigenvalue weighted by molar-refractivity contribution is -0.151. The summed E-state index contributed by atoms with van der Waals surface area (Å²) in [5.41, 5.74) is 0. The van der Waals surface area contributed by atoms with Crippen molar-refractivity contribution in [3.63, 3.8) is 0 Å². The highest BCUT2D eigenvalue weighted by Gasteiger charge is 2.31. The molecule has 1 aromatic carbocycles. The quantitative estimate of drug-likeness (QED) is 0.667. The van der Waals surface area contributed by atoms with Gasteiger partial charge in [0.25, 0.3) is 0 Å². The zero-order valence-corrected chi connectivity index (χ0v) is 16.1. The maximum Gasteiger partial charge on any atom is 0.309 e. The molecule has 2 rings (SSSR count). The number of likely N-dealkylation sites (tertiary alicyclic amines) is 1. The standard InChI is InChI=1S/C18H26N2O5S/c1-3-20(26(23,24)16-8-6-5-7-9-16)14-17(21)19-12-10-15(11-13-19)18(22)25-4-2/h5-9,15H,3-4,10-14H2,1-2H3. The number of likely N-dealkylation sites (N-methyl/N-ethyl adjacent to an activating group) is 1. The molecule has 1 amide bonds. The number of amides is 1. The maximum atomic E-state index is 12.7. The Morgan fingerprint density at radius 1 is 1.15 bits per heavy atom. The van der Waals surface area contributed by atoms with E-state index in [1.54, 1.807) is 36.9 Å². The average Bonchev–Trinajstić information content (AvgIpc) is 2.66. The van der Waals surface area contributed by atoms with Crippen LogP contribution in [0.4, 0.5) is 0 Å². The number of hydrogen-bond acceptors (Lipinski definition) is 5. The Morgan fingerprint density at radius 2 is 1.77 bits per heavy atom. The molecule has 1 heterocycles. The molecule has 8 heteroatoms. The minimum Gasteiger partial charge on any atom is -0.466 e. The van der Waals surface area contributed by atoms with Gasteiger partial charge < -0.3 is 9.64 Å². The Labute approximate surface area is 155 Å². The number of benzene rings is 1. The van der Waals surface area contributed by atoms with Gasteiger partial charge in [-0.3, -0.25) is 9.59 Å². The first-order valence-electron chi connectivity index (χ1n) is 8.89. The van der Waals surface area contributed by atoms with Gasteiger partial charge in [-0.1, -0.05) is 25.1 Å². The smallest absolute Gasteiger partial charge is 0.309 e. The summed E-state index contributed by atoms with van der Waals surface area (Å²) in [5.74, 6) is -0.649. The van der Waals surface area contributed by atoms with Crippen molar-refractivity contribution in [2.45, 2.75) is 31.6 Å². The molecule has 1 saturated heterocycles. The highest BCUT2D eigenvalue weighted by Crippen LogP contribution is 2.20. The molecule has 144 valence electrons. The Morgan fingerprint density at radius 3 is 2.31 bits per heavy atom. The second kappa shape index (κ2) is 9.14. The predicted octanol–water partition coefficient (Wildman–Crippen LogP) is 1.50. The summed E-state index contributed by atoms with van der Waals surface area (Å²) in [7, 11) is -3.70. The number of ether oxygens (including phenoxy) is 1. The molecule has 0 unspecified atom stereocenters. The number of esters is 1. The summed E-state index contributed by atoms with van der Waals surface area (Å²) in [5, 5.41) is 0. The van der Waals surface area contributed by atoms with Crippen LogP contribution in [-0.4, -0.2) is 62.3 Å². The van der Waals surface area contributed by atoms with Crippen LogP contribution in [0, 0.1) is 5.92 Å². The lowest BCUT2D eigenvalue weighted by atomic mass is 9.97. The molecule has 0 aromatic heterocycles. The number of carbonyl (C=O) groups excluding carboxylic acids is 2. The Kier molecular flexibility index (Phi) is 7.16. The molecule has 0 atom stereocenters. The van der Waals surface area contributed by atoms with E-state index in [-0.39, 0.29) is 35.8 Å². The Hall–Kier alpha value is -1.93. The van der Waals surface area contributed by atoms with Gasteiger partial charge in [0.05, 0.1) is 24.0 Å². The van der Waals surface area contributed by atoms with Gasteiger partial charge in [0.15, 0.2) is 0 Å². The zero-order chi connectivity index (χ0) is 19.2. The van der Waals surface area contributed by atoms with Crippen molar-refractivity contribution in [1.82, 2.24) is 9.21 Å². The van der Waals surface area contributed by atoms with Gasteiger partial charge >= 0.3 is 5.97 Å². The summed E-state index contributed by atoms with van der Waals surface area (Å²) < 4.78 is 31.6. The molecule has 1 aliphatic rings. The van der Waals surface area contributed by atoms with Crippen LogP contribution in [-0.2, 0) is 24.3 Å². The molecule has 0 saturated carbocycles. The molecule has 0 aliphatic carbocycles. The Balaban J connectivity index is 1.97. The van der Waals surface area contributed by atoms with Gasteiger partial charge in [0.2, 0.25) is 15.9 Å². The van der Waals surface area contributed by atoms with Crippen molar-refractivity contribution in [3.8, 4) is 0 Å². The van der Waals surface area contributed by atoms with Gasteiger partial charge in [-0.05, 0) is 31.9 Å². The van der Waals surface area contributed by atoms with E-state index in [9.17, 15) is 18.0 Å². The summed E-state index contributed by atoms with van der Waals surface area (Å²) in [6.45, 7) is 4.71. The minimum atomic E-state index is -3.70. The van der Waals surface area contributed by atoms with Crippen LogP contribution in [0.15, 0.2) is 35.2 Å². The van der Waals surface area contributed by atoms with Crippen LogP contribution in [0.2, 0.25) is 0 Å². The molecule has 0 radical (unpaired) electrons. The van der Waals surface area contributed by atoms with Crippen LogP contribution < -0.4 is 0 Å². The molecular weight excluding hydrogens is 356 g/mol. The second-order valence-electron chi connectivity index (χ2n) is 6.15. The molecule has 1 aliphatic heterocycles. The molecule has 0 N–H and O–H groups in total. The number of nitrogens with zero attached hydrogens (tertiary/aromatic N) is 2. The third-order valence-electron chi connectivity index (χ3n) is 4.51. The first kappa shape index (κ1) is 20.4. The van der Waals surface area contributed by atoms with Crippen molar-refractivity contribution in [2.75, 3.05) is 32.8 Å². The summed E-state index contributed by atoms with van der Waals surface area (Å²) >= 11 is 0. The maximum absolute atomic E-state index is 12.7. The topological polar surface area (TPSA) is 84.0 Å². The van der Waals surface area contributed by atoms with Crippen molar-refractivity contribution < 1.29 is 22.7 Å². The van der Waals surface area contributed by atoms with Gasteiger partial charge in [-0.15, -0.1) is 0 Å². The number of sulfonamides is 1. The largest absolute Gasteiger partial charge is 0.466 e. The summed E-state index contributed by atoms with van der Waals surface area (Å²) in [6, 6.07) is 8.10. The second-order valence-corrected chi connectivity index (χ2v) is 8.09. The van der Waals surface area contributed by atoms with Crippen LogP contribution in [0.1, 0.15) is 26.7 Å². The first-order chi connectivity index (χ1) is 12.4. The number of piperidine rings is 1. The van der Waals surface area contributed by atoms with E-state index < -0.39 is 10.0 Å². The van der Waals surface area contributed by atoms with E-state index >= 15 is 0 Å². The van der Waals surface area contributed by atoms with Gasteiger partial charge in [-0.2, -0.15) is 4.31 Å². The van der Waals surface area contributed by atoms with Crippen molar-refractivity contribution >= 4 is 21.9 Å². The SMILES string of the molecule is CCOC(=O)C1CCN(C(=O)CN(CC)S(=O)(=O)c2ccccc2)CC1. The highest BCUT2D eigenvalue weighted by atomic mass is 32.2. The third kappa shape index (κ3) is 4.82. The fraction of sp³-hybridized carbons (Fsp3) is 0.556. The molecule has 0 spiro atoms. The van der Waals surface area contributed by atoms with Gasteiger partial charge in [-0.25, -0.2) is 8.42 Å². The van der Waals surface area contributed by atoms with E-state index in [2.05, 4.69) is 0 Å². The third-order valence-corrected chi connectivity index (χ3v) is 6.45. The minimum absolute atomic E-state index is 0.177. The molecule has 1 fully saturated rings. The van der Waals surface area contributed by atoms with E-state index in [0.717, 1.165) is 0 Å². The van der Waals surface area contributed by atoms with E-state index in [1.807, 2.05) is 0 Å². The number of carbonyl (C=O) groups is 2. The van der Waals surface area contributed by atoms with Crippen LogP contribution >= 0.6 is 0 Å². The Bertz CT molecular complexity index is 712. The first-order valence-corrected chi connectivity index (χ1v) is 10.3. The van der Waals surface area contributed by atoms with Crippen LogP contribution in [0.5, 0.6) is 0 Å². The zero-order valence-electron chi connectivity index (χ0n) is 15.3. The number of hydrogen-bond donors (Lipinski definition) is 0. The van der Waals surface area contributed by atoms with E-state index in [4.69, 9.17) is 4.74 Å². The van der Waals surface area contributed by atoms with Crippen LogP contribution in [0.3, 0.4) is 0 Å². The van der Waals surface area contributed by atoms with Gasteiger partial charge in [0, 0.05) is 19.6 Å². The van der Waals surface area contributed by atoms with Crippen molar-refractivity contribution in [1.29, 1.82) is 0 Å². The molecule has 1 aromatic rings. The van der Waals surface area contributed by atoms with Crippen LogP contribution in [0.25, 0.3) is 0 Å².